The summed E-state index contributed by atoms with van der Waals surface area (Å²) in [7, 11) is 0. The van der Waals surface area contributed by atoms with Gasteiger partial charge in [0.1, 0.15) is 0 Å². The second-order valence-electron chi connectivity index (χ2n) is 3.59. The van der Waals surface area contributed by atoms with Crippen molar-refractivity contribution in [3.05, 3.63) is 35.4 Å². The maximum absolute atomic E-state index is 11.6. The Hall–Kier alpha value is -1.77. The molecular weight excluding hydrogens is 188 g/mol. The lowest BCUT2D eigenvalue weighted by Crippen LogP contribution is -2.31. The summed E-state index contributed by atoms with van der Waals surface area (Å²) in [5.41, 5.74) is 9.29. The number of fused-ring (bicyclic) bond motifs is 1. The molecule has 1 aromatic rings. The first-order valence-corrected chi connectivity index (χ1v) is 5.10. The van der Waals surface area contributed by atoms with Crippen molar-refractivity contribution < 1.29 is 4.79 Å². The third kappa shape index (κ3) is 1.61. The van der Waals surface area contributed by atoms with E-state index in [-0.39, 0.29) is 5.91 Å². The first-order valence-electron chi connectivity index (χ1n) is 5.10. The summed E-state index contributed by atoms with van der Waals surface area (Å²) in [6.45, 7) is 2.65. The summed E-state index contributed by atoms with van der Waals surface area (Å²) in [4.78, 5) is 11.6. The normalized spacial score (nSPS) is 17.4. The van der Waals surface area contributed by atoms with E-state index >= 15 is 0 Å². The molecule has 0 unspecified atom stereocenters. The number of hydrogen-bond donors (Lipinski definition) is 2. The predicted molar refractivity (Wildman–Crippen MR) is 61.5 cm³/mol. The molecule has 1 aliphatic rings. The first-order chi connectivity index (χ1) is 7.24. The molecule has 15 heavy (non-hydrogen) atoms. The molecule has 78 valence electrons. The van der Waals surface area contributed by atoms with Gasteiger partial charge in [-0.15, -0.1) is 0 Å². The van der Waals surface area contributed by atoms with Crippen LogP contribution >= 0.6 is 0 Å². The van der Waals surface area contributed by atoms with E-state index in [1.54, 1.807) is 0 Å². The van der Waals surface area contributed by atoms with Gasteiger partial charge in [-0.05, 0) is 24.1 Å². The van der Waals surface area contributed by atoms with Crippen LogP contribution in [-0.4, -0.2) is 12.5 Å². The van der Waals surface area contributed by atoms with Crippen molar-refractivity contribution in [2.24, 2.45) is 0 Å². The molecule has 1 aromatic carbocycles. The van der Waals surface area contributed by atoms with Crippen molar-refractivity contribution in [1.82, 2.24) is 5.32 Å². The van der Waals surface area contributed by atoms with Crippen molar-refractivity contribution >= 4 is 17.2 Å². The Kier molecular flexibility index (Phi) is 2.46. The molecule has 0 radical (unpaired) electrons. The number of nitrogen functional groups attached to an aromatic ring is 1. The third-order valence-corrected chi connectivity index (χ3v) is 2.55. The fourth-order valence-corrected chi connectivity index (χ4v) is 1.90. The van der Waals surface area contributed by atoms with Crippen LogP contribution in [0.15, 0.2) is 24.3 Å². The molecule has 3 nitrogen and oxygen atoms in total. The molecule has 1 amide bonds. The lowest BCUT2D eigenvalue weighted by molar-refractivity contribution is 0.0955. The zero-order valence-corrected chi connectivity index (χ0v) is 8.71. The van der Waals surface area contributed by atoms with Crippen molar-refractivity contribution in [3.8, 4) is 0 Å². The third-order valence-electron chi connectivity index (χ3n) is 2.55. The van der Waals surface area contributed by atoms with E-state index in [4.69, 9.17) is 5.73 Å². The predicted octanol–water partition coefficient (Wildman–Crippen LogP) is 1.81. The van der Waals surface area contributed by atoms with E-state index < -0.39 is 0 Å². The highest BCUT2D eigenvalue weighted by molar-refractivity contribution is 6.05. The van der Waals surface area contributed by atoms with E-state index in [1.807, 2.05) is 18.2 Å². The van der Waals surface area contributed by atoms with Crippen LogP contribution in [0.25, 0.3) is 5.57 Å². The highest BCUT2D eigenvalue weighted by Crippen LogP contribution is 2.28. The van der Waals surface area contributed by atoms with Crippen molar-refractivity contribution in [2.45, 2.75) is 13.3 Å². The van der Waals surface area contributed by atoms with Crippen LogP contribution in [0.1, 0.15) is 29.3 Å². The van der Waals surface area contributed by atoms with E-state index in [2.05, 4.69) is 18.3 Å². The van der Waals surface area contributed by atoms with Gasteiger partial charge in [0.05, 0.1) is 0 Å². The Morgan fingerprint density at radius 1 is 1.53 bits per heavy atom. The van der Waals surface area contributed by atoms with Gasteiger partial charge in [-0.2, -0.15) is 0 Å². The largest absolute Gasteiger partial charge is 0.398 e. The van der Waals surface area contributed by atoms with E-state index in [0.29, 0.717) is 17.8 Å². The minimum Gasteiger partial charge on any atom is -0.398 e. The lowest BCUT2D eigenvalue weighted by Gasteiger charge is -2.21. The monoisotopic (exact) mass is 202 g/mol. The molecule has 3 heteroatoms. The number of rotatable bonds is 1. The summed E-state index contributed by atoms with van der Waals surface area (Å²) < 4.78 is 0. The Bertz CT molecular complexity index is 435. The van der Waals surface area contributed by atoms with Crippen LogP contribution in [0, 0.1) is 0 Å². The lowest BCUT2D eigenvalue weighted by atomic mass is 9.93. The Morgan fingerprint density at radius 3 is 3.07 bits per heavy atom. The zero-order chi connectivity index (χ0) is 10.8. The summed E-state index contributed by atoms with van der Waals surface area (Å²) in [6, 6.07) is 5.45. The number of nitrogens with one attached hydrogen (secondary N) is 1. The van der Waals surface area contributed by atoms with Crippen LogP contribution in [0.4, 0.5) is 5.69 Å². The van der Waals surface area contributed by atoms with E-state index in [9.17, 15) is 4.79 Å². The summed E-state index contributed by atoms with van der Waals surface area (Å²) >= 11 is 0. The van der Waals surface area contributed by atoms with Gasteiger partial charge in [0, 0.05) is 23.4 Å². The maximum atomic E-state index is 11.6. The molecule has 3 N–H and O–H groups in total. The minimum atomic E-state index is -0.0365. The van der Waals surface area contributed by atoms with Gasteiger partial charge in [0.15, 0.2) is 0 Å². The van der Waals surface area contributed by atoms with Gasteiger partial charge >= 0.3 is 0 Å². The number of carbonyl (C=O) groups excluding carboxylic acids is 1. The fourth-order valence-electron chi connectivity index (χ4n) is 1.90. The SMILES string of the molecule is CC/C=C1/CNC(=O)c2cccc(N)c21. The maximum Gasteiger partial charge on any atom is 0.252 e. The number of hydrogen-bond acceptors (Lipinski definition) is 2. The molecule has 0 aliphatic carbocycles. The highest BCUT2D eigenvalue weighted by Gasteiger charge is 2.21. The Labute approximate surface area is 89.0 Å². The van der Waals surface area contributed by atoms with Crippen LogP contribution in [-0.2, 0) is 0 Å². The standard InChI is InChI=1S/C12H14N2O/c1-2-4-8-7-14-12(15)9-5-3-6-10(13)11(8)9/h3-6H,2,7,13H2,1H3,(H,14,15)/b8-4-. The molecular formula is C12H14N2O. The number of benzene rings is 1. The number of amides is 1. The van der Waals surface area contributed by atoms with Crippen molar-refractivity contribution in [2.75, 3.05) is 12.3 Å². The number of nitrogens with two attached hydrogens (primary N) is 1. The molecule has 0 spiro atoms. The van der Waals surface area contributed by atoms with Gasteiger partial charge in [0.25, 0.3) is 5.91 Å². The zero-order valence-electron chi connectivity index (χ0n) is 8.71. The topological polar surface area (TPSA) is 55.1 Å². The molecule has 2 rings (SSSR count). The highest BCUT2D eigenvalue weighted by atomic mass is 16.1. The molecule has 1 heterocycles. The van der Waals surface area contributed by atoms with E-state index in [0.717, 1.165) is 17.6 Å². The Morgan fingerprint density at radius 2 is 2.33 bits per heavy atom. The van der Waals surface area contributed by atoms with Crippen LogP contribution in [0.5, 0.6) is 0 Å². The van der Waals surface area contributed by atoms with Gasteiger partial charge in [-0.1, -0.05) is 19.1 Å². The molecule has 0 saturated carbocycles. The van der Waals surface area contributed by atoms with Crippen LogP contribution in [0.3, 0.4) is 0 Å². The molecule has 0 bridgehead atoms. The van der Waals surface area contributed by atoms with Crippen LogP contribution < -0.4 is 11.1 Å². The molecule has 0 fully saturated rings. The quantitative estimate of drug-likeness (QED) is 0.682. The number of carbonyl (C=O) groups is 1. The molecule has 0 aromatic heterocycles. The Balaban J connectivity index is 2.61. The average Bonchev–Trinajstić information content (AvgIpc) is 2.23. The minimum absolute atomic E-state index is 0.0365. The van der Waals surface area contributed by atoms with Gasteiger partial charge in [0.2, 0.25) is 0 Å². The van der Waals surface area contributed by atoms with Crippen LogP contribution in [0.2, 0.25) is 0 Å². The van der Waals surface area contributed by atoms with Crippen molar-refractivity contribution in [3.63, 3.8) is 0 Å². The fraction of sp³-hybridized carbons (Fsp3) is 0.250. The molecule has 0 saturated heterocycles. The molecule has 1 aliphatic heterocycles. The second-order valence-corrected chi connectivity index (χ2v) is 3.59. The van der Waals surface area contributed by atoms with E-state index in [1.165, 1.54) is 0 Å². The first kappa shape index (κ1) is 9.77. The van der Waals surface area contributed by atoms with Crippen molar-refractivity contribution in [1.29, 1.82) is 0 Å². The average molecular weight is 202 g/mol. The summed E-state index contributed by atoms with van der Waals surface area (Å²) in [6.07, 6.45) is 3.05. The number of anilines is 1. The van der Waals surface area contributed by atoms with Gasteiger partial charge in [-0.3, -0.25) is 4.79 Å². The number of allylic oxidation sites excluding steroid dienone is 1. The summed E-state index contributed by atoms with van der Waals surface area (Å²) in [5.74, 6) is -0.0365. The summed E-state index contributed by atoms with van der Waals surface area (Å²) in [5, 5.41) is 2.84. The molecule has 0 atom stereocenters. The van der Waals surface area contributed by atoms with Gasteiger partial charge in [-0.25, -0.2) is 0 Å². The smallest absolute Gasteiger partial charge is 0.252 e. The second kappa shape index (κ2) is 3.77. The van der Waals surface area contributed by atoms with Gasteiger partial charge < -0.3 is 11.1 Å².